The molecule has 5 heteroatoms. The molecule has 1 amide bonds. The topological polar surface area (TPSA) is 57.6 Å². The molecule has 140 valence electrons. The molecule has 0 aliphatic carbocycles. The van der Waals surface area contributed by atoms with Crippen LogP contribution < -0.4 is 0 Å². The predicted molar refractivity (Wildman–Crippen MR) is 110 cm³/mol. The van der Waals surface area contributed by atoms with Gasteiger partial charge in [-0.15, -0.1) is 11.3 Å². The monoisotopic (exact) mass is 389 g/mol. The van der Waals surface area contributed by atoms with Gasteiger partial charge in [0.25, 0.3) is 11.7 Å². The summed E-state index contributed by atoms with van der Waals surface area (Å²) in [5.74, 6) is -1.37. The number of hydrogen-bond donors (Lipinski definition) is 1. The molecule has 2 heterocycles. The van der Waals surface area contributed by atoms with E-state index in [1.807, 2.05) is 54.8 Å². The number of carbonyl (C=O) groups is 2. The van der Waals surface area contributed by atoms with Crippen LogP contribution in [0.2, 0.25) is 0 Å². The molecule has 1 aliphatic rings. The van der Waals surface area contributed by atoms with Crippen LogP contribution in [0.1, 0.15) is 27.6 Å². The van der Waals surface area contributed by atoms with Crippen molar-refractivity contribution in [2.45, 2.75) is 19.5 Å². The maximum atomic E-state index is 12.9. The van der Waals surface area contributed by atoms with Crippen molar-refractivity contribution in [1.82, 2.24) is 4.90 Å². The van der Waals surface area contributed by atoms with Crippen molar-refractivity contribution in [3.05, 3.63) is 99.3 Å². The molecular formula is C23H19NO3S. The molecule has 4 rings (SSSR count). The molecule has 2 aromatic carbocycles. The minimum absolute atomic E-state index is 0.137. The number of ketones is 1. The molecule has 1 saturated heterocycles. The number of aliphatic hydroxyl groups is 1. The third-order valence-corrected chi connectivity index (χ3v) is 5.71. The number of amides is 1. The van der Waals surface area contributed by atoms with Crippen LogP contribution in [0.4, 0.5) is 0 Å². The average molecular weight is 389 g/mol. The maximum Gasteiger partial charge on any atom is 0.295 e. The number of rotatable bonds is 4. The van der Waals surface area contributed by atoms with E-state index >= 15 is 0 Å². The summed E-state index contributed by atoms with van der Waals surface area (Å²) in [7, 11) is 0. The number of Topliss-reactive ketones (excluding diaryl/α,β-unsaturated/α-hetero) is 1. The van der Waals surface area contributed by atoms with Gasteiger partial charge in [-0.05, 0) is 23.9 Å². The van der Waals surface area contributed by atoms with Crippen molar-refractivity contribution in [3.63, 3.8) is 0 Å². The normalized spacial score (nSPS) is 18.6. The standard InChI is InChI=1S/C23H19NO3S/c1-15-7-5-10-17(13-15)20-19(21(25)16-8-3-2-4-9-16)22(26)23(27)24(20)14-18-11-6-12-28-18/h2-13,20,25H,14H2,1H3/b21-19-. The summed E-state index contributed by atoms with van der Waals surface area (Å²) in [6, 6.07) is 19.8. The molecule has 1 unspecified atom stereocenters. The average Bonchev–Trinajstić information content (AvgIpc) is 3.30. The third-order valence-electron chi connectivity index (χ3n) is 4.85. The lowest BCUT2D eigenvalue weighted by atomic mass is 9.94. The second-order valence-corrected chi connectivity index (χ2v) is 7.82. The number of hydrogen-bond acceptors (Lipinski definition) is 4. The number of thiophene rings is 1. The Hall–Kier alpha value is -3.18. The molecule has 0 bridgehead atoms. The summed E-state index contributed by atoms with van der Waals surface area (Å²) in [4.78, 5) is 28.3. The molecule has 3 aromatic rings. The number of aliphatic hydroxyl groups excluding tert-OH is 1. The van der Waals surface area contributed by atoms with Crippen molar-refractivity contribution >= 4 is 28.8 Å². The van der Waals surface area contributed by atoms with Gasteiger partial charge in [0.2, 0.25) is 0 Å². The van der Waals surface area contributed by atoms with Crippen LogP contribution in [0.5, 0.6) is 0 Å². The van der Waals surface area contributed by atoms with E-state index in [4.69, 9.17) is 0 Å². The summed E-state index contributed by atoms with van der Waals surface area (Å²) < 4.78 is 0. The Morgan fingerprint density at radius 2 is 1.82 bits per heavy atom. The number of nitrogens with zero attached hydrogens (tertiary/aromatic N) is 1. The number of benzene rings is 2. The summed E-state index contributed by atoms with van der Waals surface area (Å²) in [5.41, 5.74) is 2.50. The molecule has 0 saturated carbocycles. The van der Waals surface area contributed by atoms with Gasteiger partial charge in [-0.3, -0.25) is 9.59 Å². The van der Waals surface area contributed by atoms with Crippen LogP contribution in [-0.2, 0) is 16.1 Å². The summed E-state index contributed by atoms with van der Waals surface area (Å²) in [6.07, 6.45) is 0. The van der Waals surface area contributed by atoms with E-state index in [2.05, 4.69) is 0 Å². The smallest absolute Gasteiger partial charge is 0.295 e. The Morgan fingerprint density at radius 1 is 1.04 bits per heavy atom. The Bertz CT molecular complexity index is 1050. The van der Waals surface area contributed by atoms with Crippen LogP contribution in [0.3, 0.4) is 0 Å². The van der Waals surface area contributed by atoms with E-state index in [1.165, 1.54) is 11.3 Å². The molecule has 1 atom stereocenters. The van der Waals surface area contributed by atoms with Gasteiger partial charge < -0.3 is 10.0 Å². The van der Waals surface area contributed by atoms with Crippen LogP contribution in [0.15, 0.2) is 77.7 Å². The zero-order valence-corrected chi connectivity index (χ0v) is 16.1. The lowest BCUT2D eigenvalue weighted by molar-refractivity contribution is -0.140. The van der Waals surface area contributed by atoms with Crippen molar-refractivity contribution in [2.75, 3.05) is 0 Å². The van der Waals surface area contributed by atoms with Gasteiger partial charge in [-0.25, -0.2) is 0 Å². The van der Waals surface area contributed by atoms with Crippen molar-refractivity contribution in [2.24, 2.45) is 0 Å². The van der Waals surface area contributed by atoms with E-state index in [-0.39, 0.29) is 11.3 Å². The second kappa shape index (κ2) is 7.44. The zero-order valence-electron chi connectivity index (χ0n) is 15.3. The Labute approximate surface area is 167 Å². The van der Waals surface area contributed by atoms with Crippen molar-refractivity contribution < 1.29 is 14.7 Å². The highest BCUT2D eigenvalue weighted by molar-refractivity contribution is 7.09. The Balaban J connectivity index is 1.88. The molecule has 4 nitrogen and oxygen atoms in total. The molecule has 28 heavy (non-hydrogen) atoms. The molecular weight excluding hydrogens is 370 g/mol. The first-order valence-corrected chi connectivity index (χ1v) is 9.87. The second-order valence-electron chi connectivity index (χ2n) is 6.79. The first-order chi connectivity index (χ1) is 13.6. The quantitative estimate of drug-likeness (QED) is 0.400. The first kappa shape index (κ1) is 18.2. The lowest BCUT2D eigenvalue weighted by Crippen LogP contribution is -2.28. The Kier molecular flexibility index (Phi) is 4.84. The van der Waals surface area contributed by atoms with Crippen LogP contribution in [0.25, 0.3) is 5.76 Å². The van der Waals surface area contributed by atoms with Crippen molar-refractivity contribution in [1.29, 1.82) is 0 Å². The van der Waals surface area contributed by atoms with Gasteiger partial charge in [0, 0.05) is 10.4 Å². The fourth-order valence-electron chi connectivity index (χ4n) is 3.55. The van der Waals surface area contributed by atoms with E-state index in [9.17, 15) is 14.7 Å². The summed E-state index contributed by atoms with van der Waals surface area (Å²) in [6.45, 7) is 2.29. The van der Waals surface area contributed by atoms with Gasteiger partial charge in [0.05, 0.1) is 18.2 Å². The summed E-state index contributed by atoms with van der Waals surface area (Å²) in [5, 5.41) is 12.9. The zero-order chi connectivity index (χ0) is 19.7. The lowest BCUT2D eigenvalue weighted by Gasteiger charge is -2.25. The van der Waals surface area contributed by atoms with E-state index in [0.717, 1.165) is 16.0 Å². The number of carbonyl (C=O) groups excluding carboxylic acids is 2. The first-order valence-electron chi connectivity index (χ1n) is 8.99. The number of aryl methyl sites for hydroxylation is 1. The SMILES string of the molecule is Cc1cccc(C2/C(=C(/O)c3ccccc3)C(=O)C(=O)N2Cc2cccs2)c1. The minimum Gasteiger partial charge on any atom is -0.507 e. The molecule has 1 fully saturated rings. The highest BCUT2D eigenvalue weighted by atomic mass is 32.1. The van der Waals surface area contributed by atoms with Gasteiger partial charge in [0.15, 0.2) is 0 Å². The van der Waals surface area contributed by atoms with Crippen LogP contribution in [0, 0.1) is 6.92 Å². The fourth-order valence-corrected chi connectivity index (χ4v) is 4.25. The van der Waals surface area contributed by atoms with Crippen LogP contribution in [-0.4, -0.2) is 21.7 Å². The Morgan fingerprint density at radius 3 is 2.50 bits per heavy atom. The molecule has 1 aromatic heterocycles. The predicted octanol–water partition coefficient (Wildman–Crippen LogP) is 4.68. The minimum atomic E-state index is -0.649. The molecule has 0 spiro atoms. The fraction of sp³-hybridized carbons (Fsp3) is 0.130. The highest BCUT2D eigenvalue weighted by Crippen LogP contribution is 2.40. The van der Waals surface area contributed by atoms with Gasteiger partial charge >= 0.3 is 0 Å². The van der Waals surface area contributed by atoms with E-state index in [0.29, 0.717) is 12.1 Å². The summed E-state index contributed by atoms with van der Waals surface area (Å²) >= 11 is 1.54. The molecule has 1 aliphatic heterocycles. The highest BCUT2D eigenvalue weighted by Gasteiger charge is 2.46. The van der Waals surface area contributed by atoms with Gasteiger partial charge in [-0.2, -0.15) is 0 Å². The molecule has 1 N–H and O–H groups in total. The van der Waals surface area contributed by atoms with E-state index < -0.39 is 17.7 Å². The van der Waals surface area contributed by atoms with Gasteiger partial charge in [-0.1, -0.05) is 66.2 Å². The maximum absolute atomic E-state index is 12.9. The van der Waals surface area contributed by atoms with Crippen molar-refractivity contribution in [3.8, 4) is 0 Å². The number of likely N-dealkylation sites (tertiary alicyclic amines) is 1. The largest absolute Gasteiger partial charge is 0.507 e. The molecule has 0 radical (unpaired) electrons. The van der Waals surface area contributed by atoms with Gasteiger partial charge in [0.1, 0.15) is 5.76 Å². The van der Waals surface area contributed by atoms with E-state index in [1.54, 1.807) is 29.2 Å². The van der Waals surface area contributed by atoms with Crippen LogP contribution >= 0.6 is 11.3 Å². The third kappa shape index (κ3) is 3.25.